The predicted octanol–water partition coefficient (Wildman–Crippen LogP) is 11.6. The van der Waals surface area contributed by atoms with E-state index >= 15 is 0 Å². The molecule has 0 aliphatic carbocycles. The van der Waals surface area contributed by atoms with Crippen molar-refractivity contribution in [2.45, 2.75) is 24.7 Å². The van der Waals surface area contributed by atoms with Gasteiger partial charge in [-0.2, -0.15) is 52.7 Å². The molecule has 0 fully saturated rings. The van der Waals surface area contributed by atoms with Crippen molar-refractivity contribution in [2.75, 3.05) is 0 Å². The number of alkyl halides is 12. The number of benzene rings is 3. The Balaban J connectivity index is 1.97. The van der Waals surface area contributed by atoms with Crippen LogP contribution in [0.4, 0.5) is 52.7 Å². The molecule has 0 radical (unpaired) electrons. The number of hydrogen-bond donors (Lipinski definition) is 0. The molecule has 214 valence electrons. The third kappa shape index (κ3) is 8.15. The second-order valence-electron chi connectivity index (χ2n) is 8.24. The van der Waals surface area contributed by atoms with Crippen molar-refractivity contribution >= 4 is 56.2 Å². The highest BCUT2D eigenvalue weighted by molar-refractivity contribution is 9.11. The predicted molar refractivity (Wildman–Crippen MR) is 133 cm³/mol. The lowest BCUT2D eigenvalue weighted by Crippen LogP contribution is -2.11. The van der Waals surface area contributed by atoms with E-state index in [1.54, 1.807) is 0 Å². The Bertz CT molecular complexity index is 1280. The zero-order chi connectivity index (χ0) is 30.3. The summed E-state index contributed by atoms with van der Waals surface area (Å²) in [6, 6.07) is 4.93. The highest BCUT2D eigenvalue weighted by atomic mass is 79.9. The van der Waals surface area contributed by atoms with Crippen LogP contribution in [0.2, 0.25) is 0 Å². The molecule has 0 unspecified atom stereocenters. The monoisotopic (exact) mass is 710 g/mol. The molecule has 14 heteroatoms. The van der Waals surface area contributed by atoms with E-state index in [1.165, 1.54) is 24.3 Å². The molecule has 0 heterocycles. The van der Waals surface area contributed by atoms with E-state index in [9.17, 15) is 52.7 Å². The zero-order valence-corrected chi connectivity index (χ0v) is 22.4. The van der Waals surface area contributed by atoms with Gasteiger partial charge < -0.3 is 0 Å². The summed E-state index contributed by atoms with van der Waals surface area (Å²) in [5.74, 6) is 0. The average Bonchev–Trinajstić information content (AvgIpc) is 2.81. The molecule has 0 bridgehead atoms. The van der Waals surface area contributed by atoms with E-state index in [-0.39, 0.29) is 43.3 Å². The minimum atomic E-state index is -5.03. The van der Waals surface area contributed by atoms with Crippen molar-refractivity contribution in [3.8, 4) is 0 Å². The zero-order valence-electron chi connectivity index (χ0n) is 19.2. The van der Waals surface area contributed by atoms with Crippen LogP contribution in [0.25, 0.3) is 24.3 Å². The van der Waals surface area contributed by atoms with Gasteiger partial charge in [-0.1, -0.05) is 56.2 Å². The molecule has 0 aliphatic heterocycles. The summed E-state index contributed by atoms with van der Waals surface area (Å²) in [4.78, 5) is 0. The molecule has 0 amide bonds. The van der Waals surface area contributed by atoms with Gasteiger partial charge in [-0.25, -0.2) is 0 Å². The first-order valence-corrected chi connectivity index (χ1v) is 12.2. The van der Waals surface area contributed by atoms with Gasteiger partial charge in [-0.3, -0.25) is 0 Å². The van der Waals surface area contributed by atoms with Gasteiger partial charge >= 0.3 is 24.7 Å². The van der Waals surface area contributed by atoms with Crippen LogP contribution in [0.5, 0.6) is 0 Å². The van der Waals surface area contributed by atoms with Crippen molar-refractivity contribution in [3.05, 3.63) is 102 Å². The number of halogens is 14. The molecule has 0 nitrogen and oxygen atoms in total. The molecule has 0 aliphatic rings. The first kappa shape index (κ1) is 31.8. The Morgan fingerprint density at radius 2 is 0.625 bits per heavy atom. The van der Waals surface area contributed by atoms with E-state index in [4.69, 9.17) is 0 Å². The molecule has 0 saturated heterocycles. The van der Waals surface area contributed by atoms with Crippen LogP contribution < -0.4 is 0 Å². The van der Waals surface area contributed by atoms with Crippen molar-refractivity contribution in [1.29, 1.82) is 0 Å². The Morgan fingerprint density at radius 3 is 0.850 bits per heavy atom. The van der Waals surface area contributed by atoms with E-state index in [0.29, 0.717) is 24.3 Å². The van der Waals surface area contributed by atoms with E-state index in [1.807, 2.05) is 0 Å². The van der Waals surface area contributed by atoms with Gasteiger partial charge in [0.05, 0.1) is 22.3 Å². The van der Waals surface area contributed by atoms with E-state index < -0.39 is 47.0 Å². The SMILES string of the molecule is FC(F)(F)c1cc(C=Cc2cc(Br)c(C=Cc3cc(C(F)(F)F)cc(C(F)(F)F)c3)cc2Br)cc(C(F)(F)F)c1. The molecular weight excluding hydrogens is 700 g/mol. The van der Waals surface area contributed by atoms with Crippen molar-refractivity contribution in [1.82, 2.24) is 0 Å². The fraction of sp³-hybridized carbons (Fsp3) is 0.154. The lowest BCUT2D eigenvalue weighted by atomic mass is 10.0. The minimum absolute atomic E-state index is 0.00691. The first-order chi connectivity index (χ1) is 18.1. The molecule has 0 saturated carbocycles. The second kappa shape index (κ2) is 11.3. The third-order valence-electron chi connectivity index (χ3n) is 5.25. The molecule has 3 aromatic rings. The van der Waals surface area contributed by atoms with Gasteiger partial charge in [-0.15, -0.1) is 0 Å². The van der Waals surface area contributed by atoms with E-state index in [0.717, 1.165) is 12.2 Å². The van der Waals surface area contributed by atoms with Gasteiger partial charge in [0.2, 0.25) is 0 Å². The largest absolute Gasteiger partial charge is 0.416 e. The summed E-state index contributed by atoms with van der Waals surface area (Å²) >= 11 is 6.37. The molecule has 0 atom stereocenters. The van der Waals surface area contributed by atoms with Crippen LogP contribution in [0.1, 0.15) is 44.5 Å². The molecule has 0 N–H and O–H groups in total. The third-order valence-corrected chi connectivity index (χ3v) is 6.62. The number of rotatable bonds is 4. The smallest absolute Gasteiger partial charge is 0.166 e. The lowest BCUT2D eigenvalue weighted by Gasteiger charge is -2.13. The average molecular weight is 712 g/mol. The highest BCUT2D eigenvalue weighted by Gasteiger charge is 2.37. The lowest BCUT2D eigenvalue weighted by molar-refractivity contribution is -0.144. The van der Waals surface area contributed by atoms with Gasteiger partial charge in [0.15, 0.2) is 0 Å². The Hall–Kier alpha value is -2.74. The fourth-order valence-corrected chi connectivity index (χ4v) is 4.34. The van der Waals surface area contributed by atoms with Gasteiger partial charge in [0.1, 0.15) is 0 Å². The van der Waals surface area contributed by atoms with Gasteiger partial charge in [0.25, 0.3) is 0 Å². The quantitative estimate of drug-likeness (QED) is 0.187. The highest BCUT2D eigenvalue weighted by Crippen LogP contribution is 2.38. The molecule has 0 spiro atoms. The van der Waals surface area contributed by atoms with Crippen LogP contribution in [-0.4, -0.2) is 0 Å². The molecule has 40 heavy (non-hydrogen) atoms. The maximum absolute atomic E-state index is 13.1. The van der Waals surface area contributed by atoms with Gasteiger partial charge in [0, 0.05) is 8.95 Å². The first-order valence-electron chi connectivity index (χ1n) is 10.6. The molecule has 3 aromatic carbocycles. The minimum Gasteiger partial charge on any atom is -0.166 e. The summed E-state index contributed by atoms with van der Waals surface area (Å²) in [7, 11) is 0. The second-order valence-corrected chi connectivity index (χ2v) is 9.95. The molecule has 3 rings (SSSR count). The van der Waals surface area contributed by atoms with E-state index in [2.05, 4.69) is 31.9 Å². The van der Waals surface area contributed by atoms with Gasteiger partial charge in [-0.05, 0) is 70.8 Å². The standard InChI is InChI=1S/C26H12Br2F12/c27-21-10-16(4-2-14-7-19(25(35,36)37)12-20(8-14)26(38,39)40)22(28)9-15(21)3-1-13-5-17(23(29,30)31)11-18(6-13)24(32,33)34/h1-12H. The van der Waals surface area contributed by atoms with Crippen LogP contribution in [-0.2, 0) is 24.7 Å². The maximum Gasteiger partial charge on any atom is 0.416 e. The molecule has 0 aromatic heterocycles. The normalized spacial score (nSPS) is 13.6. The van der Waals surface area contributed by atoms with Crippen LogP contribution in [0, 0.1) is 0 Å². The van der Waals surface area contributed by atoms with Crippen LogP contribution in [0.15, 0.2) is 57.5 Å². The Morgan fingerprint density at radius 1 is 0.375 bits per heavy atom. The Kier molecular flexibility index (Phi) is 8.95. The van der Waals surface area contributed by atoms with Crippen molar-refractivity contribution in [2.24, 2.45) is 0 Å². The van der Waals surface area contributed by atoms with Crippen molar-refractivity contribution in [3.63, 3.8) is 0 Å². The Labute approximate surface area is 235 Å². The summed E-state index contributed by atoms with van der Waals surface area (Å²) in [5.41, 5.74) is -6.19. The summed E-state index contributed by atoms with van der Waals surface area (Å²) in [5, 5.41) is 0. The number of hydrogen-bond acceptors (Lipinski definition) is 0. The summed E-state index contributed by atoms with van der Waals surface area (Å²) in [6.45, 7) is 0. The van der Waals surface area contributed by atoms with Crippen molar-refractivity contribution < 1.29 is 52.7 Å². The van der Waals surface area contributed by atoms with Crippen LogP contribution >= 0.6 is 31.9 Å². The summed E-state index contributed by atoms with van der Waals surface area (Å²) < 4.78 is 158. The topological polar surface area (TPSA) is 0 Å². The fourth-order valence-electron chi connectivity index (χ4n) is 3.36. The maximum atomic E-state index is 13.1. The molecular formula is C26H12Br2F12. The van der Waals surface area contributed by atoms with Crippen LogP contribution in [0.3, 0.4) is 0 Å². The summed E-state index contributed by atoms with van der Waals surface area (Å²) in [6.07, 6.45) is -15.6.